The van der Waals surface area contributed by atoms with Gasteiger partial charge >= 0.3 is 5.97 Å². The second kappa shape index (κ2) is 4.69. The van der Waals surface area contributed by atoms with Gasteiger partial charge in [-0.05, 0) is 68.0 Å². The van der Waals surface area contributed by atoms with Crippen molar-refractivity contribution < 1.29 is 9.53 Å². The minimum atomic E-state index is -0.172. The van der Waals surface area contributed by atoms with Gasteiger partial charge in [0.1, 0.15) is 0 Å². The van der Waals surface area contributed by atoms with E-state index in [-0.39, 0.29) is 5.97 Å². The van der Waals surface area contributed by atoms with Gasteiger partial charge in [0.15, 0.2) is 0 Å². The lowest BCUT2D eigenvalue weighted by atomic mass is 9.88. The first-order valence-electron chi connectivity index (χ1n) is 5.52. The molecule has 16 heavy (non-hydrogen) atoms. The fraction of sp³-hybridized carbons (Fsp3) is 0.500. The standard InChI is InChI=1S/C14H20O2/c1-8-9(2)11(4)13(7-14(15)16-6)12(5)10(8)3/h7H2,1-6H3. The molecule has 0 bridgehead atoms. The summed E-state index contributed by atoms with van der Waals surface area (Å²) in [7, 11) is 1.43. The van der Waals surface area contributed by atoms with Gasteiger partial charge in [0.05, 0.1) is 13.5 Å². The van der Waals surface area contributed by atoms with E-state index in [1.807, 2.05) is 0 Å². The Bertz CT molecular complexity index is 402. The Morgan fingerprint density at radius 1 is 0.875 bits per heavy atom. The van der Waals surface area contributed by atoms with E-state index < -0.39 is 0 Å². The van der Waals surface area contributed by atoms with Crippen LogP contribution in [-0.2, 0) is 16.0 Å². The van der Waals surface area contributed by atoms with Crippen LogP contribution in [0.25, 0.3) is 0 Å². The summed E-state index contributed by atoms with van der Waals surface area (Å²) >= 11 is 0. The maximum atomic E-state index is 11.4. The van der Waals surface area contributed by atoms with Crippen molar-refractivity contribution in [2.24, 2.45) is 0 Å². The molecule has 0 saturated carbocycles. The first-order chi connectivity index (χ1) is 7.40. The number of rotatable bonds is 2. The summed E-state index contributed by atoms with van der Waals surface area (Å²) in [5, 5.41) is 0. The van der Waals surface area contributed by atoms with Crippen molar-refractivity contribution in [2.75, 3.05) is 7.11 Å². The van der Waals surface area contributed by atoms with Crippen molar-refractivity contribution in [1.29, 1.82) is 0 Å². The summed E-state index contributed by atoms with van der Waals surface area (Å²) in [6, 6.07) is 0. The van der Waals surface area contributed by atoms with Crippen LogP contribution in [0, 0.1) is 34.6 Å². The van der Waals surface area contributed by atoms with Gasteiger partial charge in [0.25, 0.3) is 0 Å². The highest BCUT2D eigenvalue weighted by Gasteiger charge is 2.14. The first-order valence-corrected chi connectivity index (χ1v) is 5.52. The second-order valence-electron chi connectivity index (χ2n) is 4.36. The van der Waals surface area contributed by atoms with Crippen molar-refractivity contribution in [1.82, 2.24) is 0 Å². The van der Waals surface area contributed by atoms with Crippen molar-refractivity contribution in [3.8, 4) is 0 Å². The zero-order valence-corrected chi connectivity index (χ0v) is 11.0. The fourth-order valence-electron chi connectivity index (χ4n) is 2.06. The van der Waals surface area contributed by atoms with Gasteiger partial charge in [-0.2, -0.15) is 0 Å². The number of hydrogen-bond donors (Lipinski definition) is 0. The van der Waals surface area contributed by atoms with Crippen molar-refractivity contribution in [3.05, 3.63) is 33.4 Å². The molecule has 0 amide bonds. The van der Waals surface area contributed by atoms with E-state index in [1.54, 1.807) is 0 Å². The first kappa shape index (κ1) is 12.8. The molecule has 1 rings (SSSR count). The van der Waals surface area contributed by atoms with E-state index in [2.05, 4.69) is 34.6 Å². The van der Waals surface area contributed by atoms with Gasteiger partial charge in [0.2, 0.25) is 0 Å². The summed E-state index contributed by atoms with van der Waals surface area (Å²) < 4.78 is 4.74. The number of esters is 1. The molecular formula is C14H20O2. The molecule has 0 spiro atoms. The third-order valence-electron chi connectivity index (χ3n) is 3.70. The molecule has 0 atom stereocenters. The molecule has 88 valence electrons. The summed E-state index contributed by atoms with van der Waals surface area (Å²) in [6.45, 7) is 10.5. The van der Waals surface area contributed by atoms with Gasteiger partial charge in [-0.1, -0.05) is 0 Å². The van der Waals surface area contributed by atoms with Crippen LogP contribution < -0.4 is 0 Å². The number of ether oxygens (including phenoxy) is 1. The van der Waals surface area contributed by atoms with Crippen LogP contribution in [-0.4, -0.2) is 13.1 Å². The SMILES string of the molecule is COC(=O)Cc1c(C)c(C)c(C)c(C)c1C. The number of methoxy groups -OCH3 is 1. The van der Waals surface area contributed by atoms with Crippen LogP contribution in [0.5, 0.6) is 0 Å². The minimum Gasteiger partial charge on any atom is -0.469 e. The highest BCUT2D eigenvalue weighted by molar-refractivity contribution is 5.74. The Morgan fingerprint density at radius 3 is 1.62 bits per heavy atom. The Labute approximate surface area is 97.6 Å². The van der Waals surface area contributed by atoms with Crippen LogP contribution >= 0.6 is 0 Å². The Kier molecular flexibility index (Phi) is 3.74. The molecule has 0 saturated heterocycles. The lowest BCUT2D eigenvalue weighted by Crippen LogP contribution is -2.10. The van der Waals surface area contributed by atoms with Crippen LogP contribution in [0.15, 0.2) is 0 Å². The molecule has 2 nitrogen and oxygen atoms in total. The molecule has 0 aliphatic heterocycles. The molecule has 0 N–H and O–H groups in total. The minimum absolute atomic E-state index is 0.172. The average Bonchev–Trinajstić information content (AvgIpc) is 2.29. The molecule has 2 heteroatoms. The van der Waals surface area contributed by atoms with Crippen LogP contribution in [0.1, 0.15) is 33.4 Å². The topological polar surface area (TPSA) is 26.3 Å². The molecular weight excluding hydrogens is 200 g/mol. The van der Waals surface area contributed by atoms with E-state index in [0.717, 1.165) is 5.56 Å². The molecule has 0 aromatic heterocycles. The van der Waals surface area contributed by atoms with Crippen LogP contribution in [0.4, 0.5) is 0 Å². The molecule has 1 aromatic rings. The monoisotopic (exact) mass is 220 g/mol. The highest BCUT2D eigenvalue weighted by atomic mass is 16.5. The van der Waals surface area contributed by atoms with E-state index >= 15 is 0 Å². The molecule has 0 aliphatic carbocycles. The van der Waals surface area contributed by atoms with Gasteiger partial charge in [-0.15, -0.1) is 0 Å². The second-order valence-corrected chi connectivity index (χ2v) is 4.36. The lowest BCUT2D eigenvalue weighted by molar-refractivity contribution is -0.139. The maximum Gasteiger partial charge on any atom is 0.309 e. The summed E-state index contributed by atoms with van der Waals surface area (Å²) in [5.41, 5.74) is 7.43. The van der Waals surface area contributed by atoms with Gasteiger partial charge < -0.3 is 4.74 Å². The summed E-state index contributed by atoms with van der Waals surface area (Å²) in [6.07, 6.45) is 0.371. The van der Waals surface area contributed by atoms with Crippen LogP contribution in [0.3, 0.4) is 0 Å². The number of carbonyl (C=O) groups excluding carboxylic acids is 1. The maximum absolute atomic E-state index is 11.4. The predicted molar refractivity (Wildman–Crippen MR) is 65.8 cm³/mol. The highest BCUT2D eigenvalue weighted by Crippen LogP contribution is 2.26. The Morgan fingerprint density at radius 2 is 1.25 bits per heavy atom. The average molecular weight is 220 g/mol. The zero-order valence-electron chi connectivity index (χ0n) is 11.0. The van der Waals surface area contributed by atoms with E-state index in [0.29, 0.717) is 6.42 Å². The fourth-order valence-corrected chi connectivity index (χ4v) is 2.06. The van der Waals surface area contributed by atoms with E-state index in [4.69, 9.17) is 4.74 Å². The summed E-state index contributed by atoms with van der Waals surface area (Å²) in [4.78, 5) is 11.4. The predicted octanol–water partition coefficient (Wildman–Crippen LogP) is 2.94. The normalized spacial score (nSPS) is 10.4. The molecule has 0 unspecified atom stereocenters. The smallest absolute Gasteiger partial charge is 0.309 e. The zero-order chi connectivity index (χ0) is 12.5. The van der Waals surface area contributed by atoms with Gasteiger partial charge in [-0.3, -0.25) is 4.79 Å². The Hall–Kier alpha value is -1.31. The van der Waals surface area contributed by atoms with Crippen molar-refractivity contribution in [2.45, 2.75) is 41.0 Å². The third kappa shape index (κ3) is 2.11. The molecule has 0 aliphatic rings. The van der Waals surface area contributed by atoms with Gasteiger partial charge in [0, 0.05) is 0 Å². The third-order valence-corrected chi connectivity index (χ3v) is 3.70. The molecule has 0 radical (unpaired) electrons. The number of hydrogen-bond acceptors (Lipinski definition) is 2. The molecule has 0 heterocycles. The number of benzene rings is 1. The van der Waals surface area contributed by atoms with Crippen LogP contribution in [0.2, 0.25) is 0 Å². The Balaban J connectivity index is 3.34. The van der Waals surface area contributed by atoms with E-state index in [1.165, 1.54) is 34.9 Å². The number of carbonyl (C=O) groups is 1. The quantitative estimate of drug-likeness (QED) is 0.716. The lowest BCUT2D eigenvalue weighted by Gasteiger charge is -2.17. The van der Waals surface area contributed by atoms with E-state index in [9.17, 15) is 4.79 Å². The summed E-state index contributed by atoms with van der Waals surface area (Å²) in [5.74, 6) is -0.172. The van der Waals surface area contributed by atoms with Gasteiger partial charge in [-0.25, -0.2) is 0 Å². The van der Waals surface area contributed by atoms with Crippen molar-refractivity contribution in [3.63, 3.8) is 0 Å². The van der Waals surface area contributed by atoms with Crippen molar-refractivity contribution >= 4 is 5.97 Å². The molecule has 0 fully saturated rings. The largest absolute Gasteiger partial charge is 0.469 e. The molecule has 1 aromatic carbocycles.